The van der Waals surface area contributed by atoms with E-state index in [1.807, 2.05) is 33.8 Å². The number of fused-ring (bicyclic) bond motifs is 1. The Labute approximate surface area is 113 Å². The van der Waals surface area contributed by atoms with Gasteiger partial charge < -0.3 is 14.0 Å². The summed E-state index contributed by atoms with van der Waals surface area (Å²) in [7, 11) is -0.523. The van der Waals surface area contributed by atoms with Crippen LogP contribution in [0.2, 0.25) is 0 Å². The molecule has 0 amide bonds. The highest BCUT2D eigenvalue weighted by Crippen LogP contribution is 2.36. The molecule has 0 bridgehead atoms. The van der Waals surface area contributed by atoms with Gasteiger partial charge >= 0.3 is 7.12 Å². The Bertz CT molecular complexity index is 512. The van der Waals surface area contributed by atoms with Crippen molar-refractivity contribution in [2.24, 2.45) is 0 Å². The summed E-state index contributed by atoms with van der Waals surface area (Å²) in [6, 6.07) is 3.42. The van der Waals surface area contributed by atoms with Gasteiger partial charge in [0.25, 0.3) is 0 Å². The third-order valence-corrected chi connectivity index (χ3v) is 4.34. The zero-order chi connectivity index (χ0) is 13.8. The van der Waals surface area contributed by atoms with E-state index in [1.165, 1.54) is 6.07 Å². The van der Waals surface area contributed by atoms with E-state index in [1.54, 1.807) is 0 Å². The molecule has 2 aliphatic heterocycles. The van der Waals surface area contributed by atoms with Gasteiger partial charge in [0, 0.05) is 5.56 Å². The largest absolute Gasteiger partial charge is 0.494 e. The first-order chi connectivity index (χ1) is 8.80. The van der Waals surface area contributed by atoms with Crippen LogP contribution >= 0.6 is 0 Å². The lowest BCUT2D eigenvalue weighted by atomic mass is 9.78. The van der Waals surface area contributed by atoms with Gasteiger partial charge in [-0.25, -0.2) is 4.39 Å². The Morgan fingerprint density at radius 2 is 1.68 bits per heavy atom. The SMILES string of the molecule is CC1(C)OB(c2cc(F)c3c(c2)COC3)OC1(C)C. The molecule has 1 aromatic rings. The topological polar surface area (TPSA) is 27.7 Å². The van der Waals surface area contributed by atoms with Gasteiger partial charge in [0.05, 0.1) is 24.4 Å². The predicted octanol–water partition coefficient (Wildman–Crippen LogP) is 2.16. The van der Waals surface area contributed by atoms with Gasteiger partial charge in [-0.1, -0.05) is 6.07 Å². The first-order valence-electron chi connectivity index (χ1n) is 6.55. The Morgan fingerprint density at radius 1 is 1.05 bits per heavy atom. The lowest BCUT2D eigenvalue weighted by molar-refractivity contribution is 0.00578. The maximum atomic E-state index is 14.0. The fraction of sp³-hybridized carbons (Fsp3) is 0.571. The van der Waals surface area contributed by atoms with Gasteiger partial charge in [-0.05, 0) is 44.8 Å². The summed E-state index contributed by atoms with van der Waals surface area (Å²) >= 11 is 0. The molecule has 3 nitrogen and oxygen atoms in total. The molecule has 1 aromatic carbocycles. The lowest BCUT2D eigenvalue weighted by Crippen LogP contribution is -2.41. The van der Waals surface area contributed by atoms with Gasteiger partial charge in [0.2, 0.25) is 0 Å². The lowest BCUT2D eigenvalue weighted by Gasteiger charge is -2.32. The molecule has 0 spiro atoms. The second-order valence-corrected chi connectivity index (χ2v) is 6.22. The Hall–Kier alpha value is -0.905. The summed E-state index contributed by atoms with van der Waals surface area (Å²) in [5.74, 6) is -0.236. The van der Waals surface area contributed by atoms with Crippen molar-refractivity contribution in [1.82, 2.24) is 0 Å². The van der Waals surface area contributed by atoms with Crippen molar-refractivity contribution in [2.75, 3.05) is 0 Å². The number of rotatable bonds is 1. The van der Waals surface area contributed by atoms with Crippen molar-refractivity contribution in [2.45, 2.75) is 52.1 Å². The molecule has 5 heteroatoms. The van der Waals surface area contributed by atoms with Crippen molar-refractivity contribution < 1.29 is 18.4 Å². The average molecular weight is 264 g/mol. The Balaban J connectivity index is 1.95. The minimum Gasteiger partial charge on any atom is -0.399 e. The van der Waals surface area contributed by atoms with Crippen molar-refractivity contribution >= 4 is 12.6 Å². The van der Waals surface area contributed by atoms with E-state index < -0.39 is 18.3 Å². The highest BCUT2D eigenvalue weighted by Gasteiger charge is 2.51. The van der Waals surface area contributed by atoms with Crippen molar-refractivity contribution in [3.8, 4) is 0 Å². The Kier molecular flexibility index (Phi) is 2.79. The summed E-state index contributed by atoms with van der Waals surface area (Å²) in [4.78, 5) is 0. The predicted molar refractivity (Wildman–Crippen MR) is 70.6 cm³/mol. The van der Waals surface area contributed by atoms with E-state index in [2.05, 4.69) is 0 Å². The molecule has 0 saturated carbocycles. The average Bonchev–Trinajstić information content (AvgIpc) is 2.82. The van der Waals surface area contributed by atoms with Crippen LogP contribution in [0.5, 0.6) is 0 Å². The number of benzene rings is 1. The monoisotopic (exact) mass is 264 g/mol. The van der Waals surface area contributed by atoms with E-state index in [-0.39, 0.29) is 5.82 Å². The molecule has 3 rings (SSSR count). The minimum absolute atomic E-state index is 0.236. The highest BCUT2D eigenvalue weighted by molar-refractivity contribution is 6.62. The van der Waals surface area contributed by atoms with E-state index in [0.717, 1.165) is 11.0 Å². The van der Waals surface area contributed by atoms with Crippen LogP contribution in [-0.2, 0) is 27.3 Å². The second-order valence-electron chi connectivity index (χ2n) is 6.22. The fourth-order valence-corrected chi connectivity index (χ4v) is 2.39. The number of hydrogen-bond acceptors (Lipinski definition) is 3. The van der Waals surface area contributed by atoms with Crippen LogP contribution in [0.4, 0.5) is 4.39 Å². The molecular formula is C14H18BFO3. The molecule has 0 unspecified atom stereocenters. The fourth-order valence-electron chi connectivity index (χ4n) is 2.39. The highest BCUT2D eigenvalue weighted by atomic mass is 19.1. The van der Waals surface area contributed by atoms with Crippen molar-refractivity contribution in [3.63, 3.8) is 0 Å². The molecule has 0 atom stereocenters. The normalized spacial score (nSPS) is 23.7. The third kappa shape index (κ3) is 2.00. The molecule has 0 N–H and O–H groups in total. The minimum atomic E-state index is -0.523. The quantitative estimate of drug-likeness (QED) is 0.727. The van der Waals surface area contributed by atoms with E-state index >= 15 is 0 Å². The maximum absolute atomic E-state index is 14.0. The molecule has 2 aliphatic rings. The second kappa shape index (κ2) is 4.04. The molecule has 0 aliphatic carbocycles. The van der Waals surface area contributed by atoms with E-state index in [0.29, 0.717) is 18.8 Å². The molecule has 0 aromatic heterocycles. The summed E-state index contributed by atoms with van der Waals surface area (Å²) in [5.41, 5.74) is 1.44. The van der Waals surface area contributed by atoms with Crippen LogP contribution < -0.4 is 5.46 Å². The molecule has 19 heavy (non-hydrogen) atoms. The van der Waals surface area contributed by atoms with E-state index in [9.17, 15) is 4.39 Å². The standard InChI is InChI=1S/C14H18BFO3/c1-13(2)14(3,4)19-15(18-13)10-5-9-7-17-8-11(9)12(16)6-10/h5-6H,7-8H2,1-4H3. The van der Waals surface area contributed by atoms with Crippen LogP contribution in [0, 0.1) is 5.82 Å². The van der Waals surface area contributed by atoms with Gasteiger partial charge in [-0.15, -0.1) is 0 Å². The number of hydrogen-bond donors (Lipinski definition) is 0. The smallest absolute Gasteiger partial charge is 0.399 e. The molecule has 1 fully saturated rings. The summed E-state index contributed by atoms with van der Waals surface area (Å²) in [6.07, 6.45) is 0. The zero-order valence-corrected chi connectivity index (χ0v) is 11.7. The van der Waals surface area contributed by atoms with Gasteiger partial charge in [-0.3, -0.25) is 0 Å². The van der Waals surface area contributed by atoms with Crippen molar-refractivity contribution in [3.05, 3.63) is 29.1 Å². The maximum Gasteiger partial charge on any atom is 0.494 e. The van der Waals surface area contributed by atoms with E-state index in [4.69, 9.17) is 14.0 Å². The van der Waals surface area contributed by atoms with Crippen LogP contribution in [0.25, 0.3) is 0 Å². The number of halogens is 1. The zero-order valence-electron chi connectivity index (χ0n) is 11.7. The number of ether oxygens (including phenoxy) is 1. The third-order valence-electron chi connectivity index (χ3n) is 4.34. The molecule has 102 valence electrons. The summed E-state index contributed by atoms with van der Waals surface area (Å²) in [6.45, 7) is 8.75. The summed E-state index contributed by atoms with van der Waals surface area (Å²) in [5, 5.41) is 0. The van der Waals surface area contributed by atoms with Crippen molar-refractivity contribution in [1.29, 1.82) is 0 Å². The summed E-state index contributed by atoms with van der Waals surface area (Å²) < 4.78 is 31.1. The van der Waals surface area contributed by atoms with Gasteiger partial charge in [0.1, 0.15) is 5.82 Å². The molecular weight excluding hydrogens is 246 g/mol. The van der Waals surface area contributed by atoms with Crippen LogP contribution in [-0.4, -0.2) is 18.3 Å². The van der Waals surface area contributed by atoms with Crippen LogP contribution in [0.3, 0.4) is 0 Å². The van der Waals surface area contributed by atoms with Crippen LogP contribution in [0.15, 0.2) is 12.1 Å². The first kappa shape index (κ1) is 13.1. The van der Waals surface area contributed by atoms with Gasteiger partial charge in [-0.2, -0.15) is 0 Å². The van der Waals surface area contributed by atoms with Crippen LogP contribution in [0.1, 0.15) is 38.8 Å². The molecule has 1 saturated heterocycles. The molecule has 2 heterocycles. The Morgan fingerprint density at radius 3 is 2.32 bits per heavy atom. The molecule has 0 radical (unpaired) electrons. The first-order valence-corrected chi connectivity index (χ1v) is 6.55. The van der Waals surface area contributed by atoms with Gasteiger partial charge in [0.15, 0.2) is 0 Å².